The molecule has 0 aromatic heterocycles. The van der Waals surface area contributed by atoms with Crippen molar-refractivity contribution in [2.75, 3.05) is 23.9 Å². The van der Waals surface area contributed by atoms with Gasteiger partial charge in [-0.25, -0.2) is 8.42 Å². The molecule has 0 bridgehead atoms. The summed E-state index contributed by atoms with van der Waals surface area (Å²) in [6.45, 7) is 1.87. The van der Waals surface area contributed by atoms with Gasteiger partial charge in [0.05, 0.1) is 10.6 Å². The molecule has 0 unspecified atom stereocenters. The third kappa shape index (κ3) is 4.57. The number of carbonyl (C=O) groups excluding carboxylic acids is 1. The zero-order chi connectivity index (χ0) is 23.7. The number of anilines is 1. The Balaban J connectivity index is 1.26. The van der Waals surface area contributed by atoms with E-state index in [2.05, 4.69) is 24.3 Å². The fraction of sp³-hybridized carbons (Fsp3) is 0.296. The number of rotatable bonds is 5. The highest BCUT2D eigenvalue weighted by Gasteiger charge is 2.32. The third-order valence-electron chi connectivity index (χ3n) is 6.85. The van der Waals surface area contributed by atoms with Gasteiger partial charge in [-0.05, 0) is 85.2 Å². The molecule has 1 saturated heterocycles. The maximum Gasteiger partial charge on any atom is 0.264 e. The minimum absolute atomic E-state index is 0.0277. The maximum atomic E-state index is 13.2. The Kier molecular flexibility index (Phi) is 6.36. The van der Waals surface area contributed by atoms with E-state index in [4.69, 9.17) is 11.6 Å². The molecular weight excluding hydrogens is 468 g/mol. The molecule has 0 saturated carbocycles. The smallest absolute Gasteiger partial charge is 0.264 e. The standard InChI is InChI=1S/C27H27ClN2O3S/c28-24-7-9-25(10-8-24)34(32,33)30-17-14-22-19-23(6-11-26(22)30)27(31)29-15-12-21(13-16-29)18-20-4-2-1-3-5-20/h1-11,19,21H,12-18H2. The number of hydrogen-bond donors (Lipinski definition) is 0. The van der Waals surface area contributed by atoms with Crippen LogP contribution >= 0.6 is 11.6 Å². The molecule has 3 aromatic carbocycles. The van der Waals surface area contributed by atoms with Crippen molar-refractivity contribution in [3.63, 3.8) is 0 Å². The Hall–Kier alpha value is -2.83. The number of benzene rings is 3. The van der Waals surface area contributed by atoms with Gasteiger partial charge in [-0.1, -0.05) is 41.9 Å². The molecular formula is C27H27ClN2O3S. The second-order valence-electron chi connectivity index (χ2n) is 9.05. The quantitative estimate of drug-likeness (QED) is 0.490. The predicted octanol–water partition coefficient (Wildman–Crippen LogP) is 5.19. The van der Waals surface area contributed by atoms with Crippen molar-refractivity contribution < 1.29 is 13.2 Å². The van der Waals surface area contributed by atoms with Crippen LogP contribution in [0.5, 0.6) is 0 Å². The summed E-state index contributed by atoms with van der Waals surface area (Å²) in [7, 11) is -3.68. The van der Waals surface area contributed by atoms with Gasteiger partial charge in [0.15, 0.2) is 0 Å². The average molecular weight is 495 g/mol. The Morgan fingerprint density at radius 2 is 1.62 bits per heavy atom. The molecule has 5 rings (SSSR count). The van der Waals surface area contributed by atoms with E-state index in [0.29, 0.717) is 35.2 Å². The second-order valence-corrected chi connectivity index (χ2v) is 11.3. The summed E-state index contributed by atoms with van der Waals surface area (Å²) in [5.41, 5.74) is 3.52. The Labute approximate surface area is 206 Å². The van der Waals surface area contributed by atoms with Crippen molar-refractivity contribution in [1.29, 1.82) is 0 Å². The fourth-order valence-electron chi connectivity index (χ4n) is 4.96. The minimum atomic E-state index is -3.68. The van der Waals surface area contributed by atoms with Gasteiger partial charge in [0.1, 0.15) is 0 Å². The van der Waals surface area contributed by atoms with Gasteiger partial charge in [0.2, 0.25) is 0 Å². The van der Waals surface area contributed by atoms with Crippen molar-refractivity contribution in [3.05, 3.63) is 94.5 Å². The van der Waals surface area contributed by atoms with E-state index in [1.165, 1.54) is 22.0 Å². The Morgan fingerprint density at radius 3 is 2.32 bits per heavy atom. The van der Waals surface area contributed by atoms with Crippen molar-refractivity contribution >= 4 is 33.2 Å². The molecule has 34 heavy (non-hydrogen) atoms. The summed E-state index contributed by atoms with van der Waals surface area (Å²) in [6, 6.07) is 22.1. The van der Waals surface area contributed by atoms with E-state index in [9.17, 15) is 13.2 Å². The van der Waals surface area contributed by atoms with Crippen LogP contribution in [-0.4, -0.2) is 38.9 Å². The SMILES string of the molecule is O=C(c1ccc2c(c1)CCN2S(=O)(=O)c1ccc(Cl)cc1)N1CCC(Cc2ccccc2)CC1. The molecule has 7 heteroatoms. The molecule has 1 fully saturated rings. The normalized spacial score (nSPS) is 16.5. The van der Waals surface area contributed by atoms with E-state index in [0.717, 1.165) is 37.9 Å². The van der Waals surface area contributed by atoms with Gasteiger partial charge in [-0.3, -0.25) is 9.10 Å². The van der Waals surface area contributed by atoms with E-state index in [1.807, 2.05) is 17.0 Å². The summed E-state index contributed by atoms with van der Waals surface area (Å²) < 4.78 is 27.7. The Morgan fingerprint density at radius 1 is 0.912 bits per heavy atom. The van der Waals surface area contributed by atoms with Gasteiger partial charge in [0.25, 0.3) is 15.9 Å². The predicted molar refractivity (Wildman–Crippen MR) is 135 cm³/mol. The second kappa shape index (κ2) is 9.43. The van der Waals surface area contributed by atoms with Crippen LogP contribution in [0.3, 0.4) is 0 Å². The number of carbonyl (C=O) groups is 1. The lowest BCUT2D eigenvalue weighted by Gasteiger charge is -2.32. The summed E-state index contributed by atoms with van der Waals surface area (Å²) in [5.74, 6) is 0.623. The Bertz CT molecular complexity index is 1290. The van der Waals surface area contributed by atoms with Crippen LogP contribution in [0.15, 0.2) is 77.7 Å². The first-order chi connectivity index (χ1) is 16.4. The van der Waals surface area contributed by atoms with Crippen LogP contribution < -0.4 is 4.31 Å². The third-order valence-corrected chi connectivity index (χ3v) is 8.93. The topological polar surface area (TPSA) is 57.7 Å². The molecule has 1 amide bonds. The lowest BCUT2D eigenvalue weighted by Crippen LogP contribution is -2.39. The van der Waals surface area contributed by atoms with Crippen LogP contribution in [0.4, 0.5) is 5.69 Å². The minimum Gasteiger partial charge on any atom is -0.339 e. The number of hydrogen-bond acceptors (Lipinski definition) is 3. The van der Waals surface area contributed by atoms with E-state index >= 15 is 0 Å². The average Bonchev–Trinajstić information content (AvgIpc) is 3.29. The first-order valence-electron chi connectivity index (χ1n) is 11.7. The van der Waals surface area contributed by atoms with E-state index in [-0.39, 0.29) is 10.8 Å². The molecule has 0 aliphatic carbocycles. The number of piperidine rings is 1. The molecule has 2 heterocycles. The zero-order valence-corrected chi connectivity index (χ0v) is 20.4. The maximum absolute atomic E-state index is 13.2. The molecule has 3 aromatic rings. The number of nitrogens with zero attached hydrogens (tertiary/aromatic N) is 2. The highest BCUT2D eigenvalue weighted by Crippen LogP contribution is 2.34. The number of likely N-dealkylation sites (tertiary alicyclic amines) is 1. The summed E-state index contributed by atoms with van der Waals surface area (Å²) >= 11 is 5.91. The molecule has 0 spiro atoms. The van der Waals surface area contributed by atoms with Crippen LogP contribution in [0.2, 0.25) is 5.02 Å². The lowest BCUT2D eigenvalue weighted by molar-refractivity contribution is 0.0690. The molecule has 0 atom stereocenters. The number of sulfonamides is 1. The molecule has 5 nitrogen and oxygen atoms in total. The molecule has 2 aliphatic heterocycles. The van der Waals surface area contributed by atoms with Gasteiger partial charge in [-0.15, -0.1) is 0 Å². The van der Waals surface area contributed by atoms with Gasteiger partial charge in [-0.2, -0.15) is 0 Å². The monoisotopic (exact) mass is 494 g/mol. The van der Waals surface area contributed by atoms with E-state index in [1.54, 1.807) is 24.3 Å². The van der Waals surface area contributed by atoms with Crippen LogP contribution in [0, 0.1) is 5.92 Å². The summed E-state index contributed by atoms with van der Waals surface area (Å²) in [4.78, 5) is 15.3. The number of amides is 1. The molecule has 2 aliphatic rings. The van der Waals surface area contributed by atoms with Crippen LogP contribution in [0.25, 0.3) is 0 Å². The van der Waals surface area contributed by atoms with Gasteiger partial charge in [0, 0.05) is 30.2 Å². The molecule has 176 valence electrons. The van der Waals surface area contributed by atoms with Gasteiger partial charge < -0.3 is 4.90 Å². The first kappa shape index (κ1) is 22.9. The highest BCUT2D eigenvalue weighted by atomic mass is 35.5. The molecule has 0 N–H and O–H groups in total. The van der Waals surface area contributed by atoms with Crippen molar-refractivity contribution in [3.8, 4) is 0 Å². The summed E-state index contributed by atoms with van der Waals surface area (Å²) in [5, 5.41) is 0.494. The first-order valence-corrected chi connectivity index (χ1v) is 13.5. The molecule has 0 radical (unpaired) electrons. The van der Waals surface area contributed by atoms with Gasteiger partial charge >= 0.3 is 0 Å². The van der Waals surface area contributed by atoms with Crippen LogP contribution in [0.1, 0.15) is 34.3 Å². The van der Waals surface area contributed by atoms with Crippen molar-refractivity contribution in [2.45, 2.75) is 30.6 Å². The largest absolute Gasteiger partial charge is 0.339 e. The number of fused-ring (bicyclic) bond motifs is 1. The number of halogens is 1. The van der Waals surface area contributed by atoms with Crippen molar-refractivity contribution in [1.82, 2.24) is 4.90 Å². The zero-order valence-electron chi connectivity index (χ0n) is 18.9. The van der Waals surface area contributed by atoms with E-state index < -0.39 is 10.0 Å². The highest BCUT2D eigenvalue weighted by molar-refractivity contribution is 7.92. The lowest BCUT2D eigenvalue weighted by atomic mass is 9.90. The summed E-state index contributed by atoms with van der Waals surface area (Å²) in [6.07, 6.45) is 3.64. The van der Waals surface area contributed by atoms with Crippen molar-refractivity contribution in [2.24, 2.45) is 5.92 Å². The fourth-order valence-corrected chi connectivity index (χ4v) is 6.59. The van der Waals surface area contributed by atoms with Crippen LogP contribution in [-0.2, 0) is 22.9 Å².